The van der Waals surface area contributed by atoms with Crippen molar-refractivity contribution in [3.63, 3.8) is 0 Å². The van der Waals surface area contributed by atoms with Crippen molar-refractivity contribution in [1.29, 1.82) is 0 Å². The maximum atomic E-state index is 12.8. The summed E-state index contributed by atoms with van der Waals surface area (Å²) in [5.74, 6) is 0.221. The standard InChI is InChI=1S/C14H20BrFO/c1-2-3-9-17-10-8-13(11-15)12-4-6-14(16)7-5-12/h4-7,13H,2-3,8-11H2,1H3. The molecule has 0 N–H and O–H groups in total. The van der Waals surface area contributed by atoms with E-state index in [1.165, 1.54) is 24.1 Å². The first-order valence-electron chi connectivity index (χ1n) is 6.17. The van der Waals surface area contributed by atoms with Crippen molar-refractivity contribution in [3.05, 3.63) is 35.6 Å². The van der Waals surface area contributed by atoms with E-state index in [0.29, 0.717) is 5.92 Å². The lowest BCUT2D eigenvalue weighted by atomic mass is 9.98. The number of alkyl halides is 1. The van der Waals surface area contributed by atoms with Gasteiger partial charge in [-0.2, -0.15) is 0 Å². The van der Waals surface area contributed by atoms with Gasteiger partial charge in [0.15, 0.2) is 0 Å². The summed E-state index contributed by atoms with van der Waals surface area (Å²) in [6, 6.07) is 6.74. The quantitative estimate of drug-likeness (QED) is 0.507. The molecule has 0 bridgehead atoms. The maximum absolute atomic E-state index is 12.8. The molecule has 1 unspecified atom stereocenters. The molecule has 3 heteroatoms. The first kappa shape index (κ1) is 14.7. The van der Waals surface area contributed by atoms with Gasteiger partial charge in [-0.1, -0.05) is 41.4 Å². The van der Waals surface area contributed by atoms with Crippen LogP contribution in [0.1, 0.15) is 37.7 Å². The van der Waals surface area contributed by atoms with E-state index < -0.39 is 0 Å². The van der Waals surface area contributed by atoms with E-state index >= 15 is 0 Å². The molecule has 17 heavy (non-hydrogen) atoms. The van der Waals surface area contributed by atoms with E-state index in [4.69, 9.17) is 4.74 Å². The molecule has 0 aliphatic heterocycles. The summed E-state index contributed by atoms with van der Waals surface area (Å²) >= 11 is 3.50. The second kappa shape index (κ2) is 8.65. The molecule has 1 aromatic rings. The minimum atomic E-state index is -0.179. The van der Waals surface area contributed by atoms with Gasteiger partial charge in [0, 0.05) is 18.5 Å². The largest absolute Gasteiger partial charge is 0.381 e. The molecule has 0 saturated heterocycles. The van der Waals surface area contributed by atoms with Gasteiger partial charge in [0.1, 0.15) is 5.82 Å². The molecule has 0 heterocycles. The second-order valence-corrected chi connectivity index (χ2v) is 4.80. The predicted octanol–water partition coefficient (Wildman–Crippen LogP) is 4.51. The fourth-order valence-electron chi connectivity index (χ4n) is 1.64. The van der Waals surface area contributed by atoms with Gasteiger partial charge in [0.25, 0.3) is 0 Å². The van der Waals surface area contributed by atoms with Gasteiger partial charge in [-0.25, -0.2) is 4.39 Å². The highest BCUT2D eigenvalue weighted by Gasteiger charge is 2.09. The van der Waals surface area contributed by atoms with E-state index in [0.717, 1.165) is 31.4 Å². The van der Waals surface area contributed by atoms with Crippen molar-refractivity contribution < 1.29 is 9.13 Å². The summed E-state index contributed by atoms with van der Waals surface area (Å²) in [7, 11) is 0. The fourth-order valence-corrected chi connectivity index (χ4v) is 2.34. The summed E-state index contributed by atoms with van der Waals surface area (Å²) in [5, 5.41) is 0.885. The third kappa shape index (κ3) is 5.64. The van der Waals surface area contributed by atoms with Crippen molar-refractivity contribution in [1.82, 2.24) is 0 Å². The molecule has 0 aliphatic rings. The minimum Gasteiger partial charge on any atom is -0.381 e. The van der Waals surface area contributed by atoms with E-state index in [1.54, 1.807) is 0 Å². The molecule has 0 fully saturated rings. The zero-order valence-corrected chi connectivity index (χ0v) is 11.9. The number of benzene rings is 1. The first-order chi connectivity index (χ1) is 8.27. The Balaban J connectivity index is 2.35. The molecule has 0 aliphatic carbocycles. The van der Waals surface area contributed by atoms with Gasteiger partial charge < -0.3 is 4.74 Å². The summed E-state index contributed by atoms with van der Waals surface area (Å²) in [6.07, 6.45) is 3.26. The molecule has 1 nitrogen and oxygen atoms in total. The van der Waals surface area contributed by atoms with Crippen molar-refractivity contribution in [2.24, 2.45) is 0 Å². The maximum Gasteiger partial charge on any atom is 0.123 e. The van der Waals surface area contributed by atoms with Crippen molar-refractivity contribution in [3.8, 4) is 0 Å². The Labute approximate surface area is 111 Å². The molecule has 1 atom stereocenters. The Kier molecular flexibility index (Phi) is 7.45. The monoisotopic (exact) mass is 302 g/mol. The molecule has 1 aromatic carbocycles. The van der Waals surface area contributed by atoms with Crippen LogP contribution in [0.4, 0.5) is 4.39 Å². The molecular formula is C14H20BrFO. The van der Waals surface area contributed by atoms with Crippen molar-refractivity contribution in [2.75, 3.05) is 18.5 Å². The van der Waals surface area contributed by atoms with Crippen LogP contribution in [-0.4, -0.2) is 18.5 Å². The Hall–Kier alpha value is -0.410. The third-order valence-corrected chi connectivity index (χ3v) is 3.56. The minimum absolute atomic E-state index is 0.179. The lowest BCUT2D eigenvalue weighted by Crippen LogP contribution is -2.06. The molecule has 1 rings (SSSR count). The SMILES string of the molecule is CCCCOCCC(CBr)c1ccc(F)cc1. The lowest BCUT2D eigenvalue weighted by molar-refractivity contribution is 0.125. The Morgan fingerprint density at radius 3 is 2.53 bits per heavy atom. The number of hydrogen-bond donors (Lipinski definition) is 0. The van der Waals surface area contributed by atoms with Crippen LogP contribution < -0.4 is 0 Å². The Bertz CT molecular complexity index is 300. The van der Waals surface area contributed by atoms with Crippen molar-refractivity contribution in [2.45, 2.75) is 32.1 Å². The number of rotatable bonds is 8. The van der Waals surface area contributed by atoms with Gasteiger partial charge in [-0.05, 0) is 36.5 Å². The predicted molar refractivity (Wildman–Crippen MR) is 73.3 cm³/mol. The Morgan fingerprint density at radius 1 is 1.24 bits per heavy atom. The normalized spacial score (nSPS) is 12.6. The molecular weight excluding hydrogens is 283 g/mol. The number of ether oxygens (including phenoxy) is 1. The molecule has 96 valence electrons. The van der Waals surface area contributed by atoms with Crippen LogP contribution in [0.25, 0.3) is 0 Å². The fraction of sp³-hybridized carbons (Fsp3) is 0.571. The van der Waals surface area contributed by atoms with Crippen LogP contribution in [0.5, 0.6) is 0 Å². The number of halogens is 2. The van der Waals surface area contributed by atoms with Crippen LogP contribution in [0.2, 0.25) is 0 Å². The van der Waals surface area contributed by atoms with Crippen LogP contribution in [0.3, 0.4) is 0 Å². The first-order valence-corrected chi connectivity index (χ1v) is 7.29. The van der Waals surface area contributed by atoms with E-state index in [9.17, 15) is 4.39 Å². The summed E-state index contributed by atoms with van der Waals surface area (Å²) in [4.78, 5) is 0. The summed E-state index contributed by atoms with van der Waals surface area (Å²) in [6.45, 7) is 3.77. The van der Waals surface area contributed by atoms with E-state index in [-0.39, 0.29) is 5.82 Å². The smallest absolute Gasteiger partial charge is 0.123 e. The average Bonchev–Trinajstić information content (AvgIpc) is 2.35. The highest BCUT2D eigenvalue weighted by atomic mass is 79.9. The van der Waals surface area contributed by atoms with Crippen molar-refractivity contribution >= 4 is 15.9 Å². The Morgan fingerprint density at radius 2 is 1.94 bits per heavy atom. The van der Waals surface area contributed by atoms with Crippen LogP contribution in [0.15, 0.2) is 24.3 Å². The molecule has 0 aromatic heterocycles. The number of hydrogen-bond acceptors (Lipinski definition) is 1. The van der Waals surface area contributed by atoms with E-state index in [1.807, 2.05) is 12.1 Å². The summed E-state index contributed by atoms with van der Waals surface area (Å²) < 4.78 is 18.4. The average molecular weight is 303 g/mol. The zero-order valence-electron chi connectivity index (χ0n) is 10.3. The van der Waals surface area contributed by atoms with Crippen LogP contribution >= 0.6 is 15.9 Å². The molecule has 0 saturated carbocycles. The lowest BCUT2D eigenvalue weighted by Gasteiger charge is -2.14. The van der Waals surface area contributed by atoms with Gasteiger partial charge in [0.05, 0.1) is 0 Å². The zero-order chi connectivity index (χ0) is 12.5. The number of unbranched alkanes of at least 4 members (excludes halogenated alkanes) is 1. The van der Waals surface area contributed by atoms with Crippen LogP contribution in [0, 0.1) is 5.82 Å². The molecule has 0 spiro atoms. The molecule has 0 amide bonds. The van der Waals surface area contributed by atoms with Gasteiger partial charge >= 0.3 is 0 Å². The topological polar surface area (TPSA) is 9.23 Å². The second-order valence-electron chi connectivity index (χ2n) is 4.16. The van der Waals surface area contributed by atoms with Crippen LogP contribution in [-0.2, 0) is 4.74 Å². The highest BCUT2D eigenvalue weighted by Crippen LogP contribution is 2.22. The van der Waals surface area contributed by atoms with E-state index in [2.05, 4.69) is 22.9 Å². The highest BCUT2D eigenvalue weighted by molar-refractivity contribution is 9.09. The van der Waals surface area contributed by atoms with Gasteiger partial charge in [0.2, 0.25) is 0 Å². The molecule has 0 radical (unpaired) electrons. The third-order valence-electron chi connectivity index (χ3n) is 2.78. The van der Waals surface area contributed by atoms with Gasteiger partial charge in [-0.3, -0.25) is 0 Å². The summed E-state index contributed by atoms with van der Waals surface area (Å²) in [5.41, 5.74) is 1.17. The van der Waals surface area contributed by atoms with Gasteiger partial charge in [-0.15, -0.1) is 0 Å².